The fraction of sp³-hybridized carbons (Fsp3) is 0.235. The van der Waals surface area contributed by atoms with E-state index < -0.39 is 14.8 Å². The second-order valence-corrected chi connectivity index (χ2v) is 7.81. The Morgan fingerprint density at radius 1 is 1.16 bits per heavy atom. The number of nitro benzene ring substituents is 1. The molecule has 0 aliphatic rings. The Morgan fingerprint density at radius 2 is 1.76 bits per heavy atom. The van der Waals surface area contributed by atoms with Crippen LogP contribution in [-0.4, -0.2) is 25.5 Å². The van der Waals surface area contributed by atoms with Crippen molar-refractivity contribution < 1.29 is 18.1 Å². The van der Waals surface area contributed by atoms with Crippen molar-refractivity contribution in [3.8, 4) is 0 Å². The first kappa shape index (κ1) is 18.6. The molecule has 0 aliphatic carbocycles. The van der Waals surface area contributed by atoms with E-state index in [-0.39, 0.29) is 22.5 Å². The van der Waals surface area contributed by atoms with E-state index in [0.717, 1.165) is 11.8 Å². The van der Waals surface area contributed by atoms with Gasteiger partial charge in [-0.1, -0.05) is 12.1 Å². The number of hydrogen-bond donors (Lipinski definition) is 1. The zero-order valence-electron chi connectivity index (χ0n) is 14.0. The third-order valence-electron chi connectivity index (χ3n) is 3.81. The van der Waals surface area contributed by atoms with Crippen LogP contribution < -0.4 is 5.32 Å². The van der Waals surface area contributed by atoms with Crippen molar-refractivity contribution in [1.29, 1.82) is 0 Å². The Bertz CT molecular complexity index is 921. The molecule has 1 N–H and O–H groups in total. The van der Waals surface area contributed by atoms with Gasteiger partial charge in [-0.05, 0) is 43.7 Å². The van der Waals surface area contributed by atoms with Gasteiger partial charge in [0, 0.05) is 23.4 Å². The van der Waals surface area contributed by atoms with Crippen molar-refractivity contribution in [1.82, 2.24) is 5.32 Å². The van der Waals surface area contributed by atoms with Gasteiger partial charge in [0.2, 0.25) is 0 Å². The van der Waals surface area contributed by atoms with E-state index in [1.807, 2.05) is 0 Å². The summed E-state index contributed by atoms with van der Waals surface area (Å²) < 4.78 is 22.9. The van der Waals surface area contributed by atoms with Crippen molar-refractivity contribution in [2.45, 2.75) is 24.8 Å². The molecule has 0 saturated heterocycles. The van der Waals surface area contributed by atoms with Crippen molar-refractivity contribution >= 4 is 21.4 Å². The average molecular weight is 362 g/mol. The molecule has 0 saturated carbocycles. The van der Waals surface area contributed by atoms with Crippen LogP contribution in [0.25, 0.3) is 0 Å². The first-order valence-electron chi connectivity index (χ1n) is 7.45. The summed E-state index contributed by atoms with van der Waals surface area (Å²) in [6, 6.07) is 10.1. The second kappa shape index (κ2) is 7.02. The topological polar surface area (TPSA) is 106 Å². The zero-order valence-corrected chi connectivity index (χ0v) is 14.8. The van der Waals surface area contributed by atoms with Crippen LogP contribution in [0.1, 0.15) is 34.5 Å². The summed E-state index contributed by atoms with van der Waals surface area (Å²) >= 11 is 0. The number of nitrogens with one attached hydrogen (secondary N) is 1. The van der Waals surface area contributed by atoms with E-state index in [0.29, 0.717) is 11.1 Å². The highest BCUT2D eigenvalue weighted by molar-refractivity contribution is 7.90. The molecule has 0 heterocycles. The molecule has 0 radical (unpaired) electrons. The van der Waals surface area contributed by atoms with Crippen LogP contribution in [0.5, 0.6) is 0 Å². The van der Waals surface area contributed by atoms with Gasteiger partial charge in [-0.3, -0.25) is 14.9 Å². The molecule has 0 aromatic heterocycles. The van der Waals surface area contributed by atoms with E-state index in [9.17, 15) is 23.3 Å². The molecule has 0 fully saturated rings. The van der Waals surface area contributed by atoms with E-state index in [1.165, 1.54) is 30.3 Å². The van der Waals surface area contributed by atoms with Gasteiger partial charge in [0.25, 0.3) is 11.6 Å². The molecule has 1 amide bonds. The molecule has 2 aromatic carbocycles. The fourth-order valence-electron chi connectivity index (χ4n) is 2.37. The molecule has 0 aliphatic heterocycles. The Kier molecular flexibility index (Phi) is 5.22. The van der Waals surface area contributed by atoms with Gasteiger partial charge in [-0.15, -0.1) is 0 Å². The van der Waals surface area contributed by atoms with E-state index >= 15 is 0 Å². The first-order chi connectivity index (χ1) is 11.6. The summed E-state index contributed by atoms with van der Waals surface area (Å²) in [4.78, 5) is 22.8. The van der Waals surface area contributed by atoms with Crippen LogP contribution >= 0.6 is 0 Å². The molecule has 25 heavy (non-hydrogen) atoms. The van der Waals surface area contributed by atoms with Gasteiger partial charge in [0.15, 0.2) is 9.84 Å². The summed E-state index contributed by atoms with van der Waals surface area (Å²) in [5, 5.41) is 13.6. The first-order valence-corrected chi connectivity index (χ1v) is 9.34. The van der Waals surface area contributed by atoms with Crippen LogP contribution in [-0.2, 0) is 9.84 Å². The van der Waals surface area contributed by atoms with Crippen LogP contribution in [0, 0.1) is 17.0 Å². The predicted octanol–water partition coefficient (Wildman–Crippen LogP) is 2.80. The van der Waals surface area contributed by atoms with Gasteiger partial charge < -0.3 is 5.32 Å². The van der Waals surface area contributed by atoms with Crippen molar-refractivity contribution in [2.24, 2.45) is 0 Å². The van der Waals surface area contributed by atoms with Crippen LogP contribution in [0.15, 0.2) is 47.4 Å². The predicted molar refractivity (Wildman–Crippen MR) is 93.3 cm³/mol. The van der Waals surface area contributed by atoms with E-state index in [4.69, 9.17) is 0 Å². The van der Waals surface area contributed by atoms with Crippen molar-refractivity contribution in [3.63, 3.8) is 0 Å². The quantitative estimate of drug-likeness (QED) is 0.650. The SMILES string of the molecule is Cc1cc(C(=O)N[C@H](C)c2ccc(S(C)(=O)=O)cc2)ccc1[N+](=O)[O-]. The van der Waals surface area contributed by atoms with Gasteiger partial charge in [-0.2, -0.15) is 0 Å². The average Bonchev–Trinajstić information content (AvgIpc) is 2.53. The maximum absolute atomic E-state index is 12.3. The van der Waals surface area contributed by atoms with Gasteiger partial charge in [0.1, 0.15) is 0 Å². The second-order valence-electron chi connectivity index (χ2n) is 5.79. The number of carbonyl (C=O) groups excluding carboxylic acids is 1. The third kappa shape index (κ3) is 4.42. The number of benzene rings is 2. The Morgan fingerprint density at radius 3 is 2.24 bits per heavy atom. The molecular weight excluding hydrogens is 344 g/mol. The molecule has 7 nitrogen and oxygen atoms in total. The summed E-state index contributed by atoms with van der Waals surface area (Å²) in [6.45, 7) is 3.34. The Labute approximate surface area is 145 Å². The minimum Gasteiger partial charge on any atom is -0.346 e. The molecule has 0 bridgehead atoms. The third-order valence-corrected chi connectivity index (χ3v) is 4.94. The normalized spacial score (nSPS) is 12.4. The maximum atomic E-state index is 12.3. The number of sulfone groups is 1. The summed E-state index contributed by atoms with van der Waals surface area (Å²) in [5.41, 5.74) is 1.44. The highest BCUT2D eigenvalue weighted by Crippen LogP contribution is 2.20. The molecule has 8 heteroatoms. The van der Waals surface area contributed by atoms with Gasteiger partial charge in [-0.25, -0.2) is 8.42 Å². The van der Waals surface area contributed by atoms with Gasteiger partial charge >= 0.3 is 0 Å². The standard InChI is InChI=1S/C17H18N2O5S/c1-11-10-14(6-9-16(11)19(21)22)17(20)18-12(2)13-4-7-15(8-5-13)25(3,23)24/h4-10,12H,1-3H3,(H,18,20)/t12-/m1/s1. The lowest BCUT2D eigenvalue weighted by Crippen LogP contribution is -2.26. The monoisotopic (exact) mass is 362 g/mol. The maximum Gasteiger partial charge on any atom is 0.272 e. The number of amides is 1. The fourth-order valence-corrected chi connectivity index (χ4v) is 3.00. The number of carbonyl (C=O) groups is 1. The van der Waals surface area contributed by atoms with Crippen molar-refractivity contribution in [3.05, 3.63) is 69.3 Å². The lowest BCUT2D eigenvalue weighted by Gasteiger charge is -2.15. The molecular formula is C17H18N2O5S. The summed E-state index contributed by atoms with van der Waals surface area (Å²) in [6.07, 6.45) is 1.13. The van der Waals surface area contributed by atoms with Crippen LogP contribution in [0.4, 0.5) is 5.69 Å². The highest BCUT2D eigenvalue weighted by Gasteiger charge is 2.16. The van der Waals surface area contributed by atoms with Crippen LogP contribution in [0.3, 0.4) is 0 Å². The zero-order chi connectivity index (χ0) is 18.8. The Balaban J connectivity index is 2.15. The van der Waals surface area contributed by atoms with E-state index in [1.54, 1.807) is 26.0 Å². The molecule has 0 unspecified atom stereocenters. The highest BCUT2D eigenvalue weighted by atomic mass is 32.2. The molecule has 2 rings (SSSR count). The molecule has 132 valence electrons. The molecule has 1 atom stereocenters. The van der Waals surface area contributed by atoms with E-state index in [2.05, 4.69) is 5.32 Å². The number of nitro groups is 1. The van der Waals surface area contributed by atoms with Gasteiger partial charge in [0.05, 0.1) is 15.9 Å². The number of hydrogen-bond acceptors (Lipinski definition) is 5. The summed E-state index contributed by atoms with van der Waals surface area (Å²) in [5.74, 6) is -0.363. The molecule has 2 aromatic rings. The smallest absolute Gasteiger partial charge is 0.272 e. The van der Waals surface area contributed by atoms with Crippen molar-refractivity contribution in [2.75, 3.05) is 6.26 Å². The minimum absolute atomic E-state index is 0.0408. The minimum atomic E-state index is -3.27. The number of rotatable bonds is 5. The lowest BCUT2D eigenvalue weighted by molar-refractivity contribution is -0.385. The summed E-state index contributed by atoms with van der Waals surface area (Å²) in [7, 11) is -3.27. The lowest BCUT2D eigenvalue weighted by atomic mass is 10.1. The number of aryl methyl sites for hydroxylation is 1. The number of nitrogens with zero attached hydrogens (tertiary/aromatic N) is 1. The Hall–Kier alpha value is -2.74. The molecule has 0 spiro atoms. The van der Waals surface area contributed by atoms with Crippen LogP contribution in [0.2, 0.25) is 0 Å². The largest absolute Gasteiger partial charge is 0.346 e.